The number of hydrogen-bond donors (Lipinski definition) is 0. The second-order valence-corrected chi connectivity index (χ2v) is 8.68. The van der Waals surface area contributed by atoms with Crippen LogP contribution in [0.5, 0.6) is 5.75 Å². The first-order valence-electron chi connectivity index (χ1n) is 9.46. The molecule has 0 bridgehead atoms. The lowest BCUT2D eigenvalue weighted by Crippen LogP contribution is -2.27. The lowest BCUT2D eigenvalue weighted by molar-refractivity contribution is -0.123. The molecule has 7 heteroatoms. The van der Waals surface area contributed by atoms with E-state index in [0.29, 0.717) is 27.1 Å². The summed E-state index contributed by atoms with van der Waals surface area (Å²) in [5, 5.41) is 0.589. The molecule has 31 heavy (non-hydrogen) atoms. The number of carbonyl (C=O) groups is 2. The van der Waals surface area contributed by atoms with Gasteiger partial charge in [-0.15, -0.1) is 0 Å². The van der Waals surface area contributed by atoms with Crippen LogP contribution in [0, 0.1) is 0 Å². The lowest BCUT2D eigenvalue weighted by atomic mass is 10.2. The van der Waals surface area contributed by atoms with E-state index in [4.69, 9.17) is 27.9 Å². The van der Waals surface area contributed by atoms with Crippen LogP contribution < -0.4 is 4.74 Å². The van der Waals surface area contributed by atoms with Crippen LogP contribution in [-0.4, -0.2) is 16.0 Å². The smallest absolute Gasteiger partial charge is 0.293 e. The average Bonchev–Trinajstić information content (AvgIpc) is 3.03. The van der Waals surface area contributed by atoms with Crippen molar-refractivity contribution in [2.45, 2.75) is 13.2 Å². The van der Waals surface area contributed by atoms with Crippen molar-refractivity contribution in [1.29, 1.82) is 0 Å². The van der Waals surface area contributed by atoms with Crippen LogP contribution in [0.4, 0.5) is 4.79 Å². The molecule has 0 radical (unpaired) electrons. The van der Waals surface area contributed by atoms with Gasteiger partial charge in [0.2, 0.25) is 0 Å². The maximum atomic E-state index is 12.8. The largest absolute Gasteiger partial charge is 0.489 e. The molecular weight excluding hydrogens is 453 g/mol. The van der Waals surface area contributed by atoms with Crippen LogP contribution in [0.15, 0.2) is 77.7 Å². The molecule has 1 heterocycles. The van der Waals surface area contributed by atoms with Gasteiger partial charge in [0, 0.05) is 10.0 Å². The second kappa shape index (κ2) is 9.60. The minimum Gasteiger partial charge on any atom is -0.489 e. The normalized spacial score (nSPS) is 15.0. The molecule has 156 valence electrons. The van der Waals surface area contributed by atoms with Crippen LogP contribution in [0.25, 0.3) is 6.08 Å². The van der Waals surface area contributed by atoms with Crippen molar-refractivity contribution < 1.29 is 14.3 Å². The number of ether oxygens (including phenoxy) is 1. The first-order valence-corrected chi connectivity index (χ1v) is 11.0. The zero-order valence-electron chi connectivity index (χ0n) is 16.3. The zero-order valence-corrected chi connectivity index (χ0v) is 18.6. The van der Waals surface area contributed by atoms with E-state index in [9.17, 15) is 9.59 Å². The Bertz CT molecular complexity index is 1150. The summed E-state index contributed by atoms with van der Waals surface area (Å²) in [6, 6.07) is 22.3. The van der Waals surface area contributed by atoms with Gasteiger partial charge >= 0.3 is 0 Å². The number of imide groups is 1. The van der Waals surface area contributed by atoms with E-state index in [1.165, 1.54) is 4.90 Å². The number of halogens is 2. The first-order chi connectivity index (χ1) is 15.0. The van der Waals surface area contributed by atoms with Crippen LogP contribution in [0.3, 0.4) is 0 Å². The van der Waals surface area contributed by atoms with Gasteiger partial charge in [-0.25, -0.2) is 0 Å². The molecule has 4 rings (SSSR count). The molecule has 2 amide bonds. The fraction of sp³-hybridized carbons (Fsp3) is 0.0833. The summed E-state index contributed by atoms with van der Waals surface area (Å²) in [4.78, 5) is 26.7. The minimum atomic E-state index is -0.342. The SMILES string of the molecule is O=C1S/C(=C\c2ccc(OCc3ccccc3)cc2)C(=O)N1Cc1ccc(Cl)cc1Cl. The Hall–Kier alpha value is -2.73. The third-order valence-corrected chi connectivity index (χ3v) is 6.14. The van der Waals surface area contributed by atoms with Gasteiger partial charge in [0.25, 0.3) is 11.1 Å². The number of hydrogen-bond acceptors (Lipinski definition) is 4. The fourth-order valence-electron chi connectivity index (χ4n) is 3.01. The lowest BCUT2D eigenvalue weighted by Gasteiger charge is -2.13. The molecule has 1 aliphatic heterocycles. The zero-order chi connectivity index (χ0) is 21.8. The molecule has 0 atom stereocenters. The van der Waals surface area contributed by atoms with Crippen molar-refractivity contribution in [1.82, 2.24) is 4.90 Å². The standard InChI is InChI=1S/C24H17Cl2NO3S/c25-19-9-8-18(21(26)13-19)14-27-23(28)22(31-24(27)29)12-16-6-10-20(11-7-16)30-15-17-4-2-1-3-5-17/h1-13H,14-15H2/b22-12-. The Balaban J connectivity index is 1.42. The highest BCUT2D eigenvalue weighted by Crippen LogP contribution is 2.34. The molecule has 4 nitrogen and oxygen atoms in total. The van der Waals surface area contributed by atoms with Crippen molar-refractivity contribution in [3.63, 3.8) is 0 Å². The summed E-state index contributed by atoms with van der Waals surface area (Å²) in [5.74, 6) is 0.386. The van der Waals surface area contributed by atoms with E-state index in [1.807, 2.05) is 54.6 Å². The predicted molar refractivity (Wildman–Crippen MR) is 125 cm³/mol. The van der Waals surface area contributed by atoms with Crippen molar-refractivity contribution >= 4 is 52.2 Å². The maximum Gasteiger partial charge on any atom is 0.293 e. The summed E-state index contributed by atoms with van der Waals surface area (Å²) in [5.41, 5.74) is 2.55. The molecule has 0 saturated carbocycles. The topological polar surface area (TPSA) is 46.6 Å². The Morgan fingerprint density at radius 2 is 1.68 bits per heavy atom. The molecule has 0 aliphatic carbocycles. The Kier molecular flexibility index (Phi) is 6.66. The Morgan fingerprint density at radius 3 is 2.39 bits per heavy atom. The Morgan fingerprint density at radius 1 is 0.935 bits per heavy atom. The highest BCUT2D eigenvalue weighted by molar-refractivity contribution is 8.18. The highest BCUT2D eigenvalue weighted by Gasteiger charge is 2.35. The molecule has 3 aromatic rings. The van der Waals surface area contributed by atoms with Gasteiger partial charge in [-0.3, -0.25) is 14.5 Å². The number of nitrogens with zero attached hydrogens (tertiary/aromatic N) is 1. The van der Waals surface area contributed by atoms with E-state index in [-0.39, 0.29) is 17.7 Å². The third-order valence-electron chi connectivity index (χ3n) is 4.64. The fourth-order valence-corrected chi connectivity index (χ4v) is 4.32. The number of rotatable bonds is 6. The predicted octanol–water partition coefficient (Wildman–Crippen LogP) is 6.81. The molecule has 1 fully saturated rings. The third kappa shape index (κ3) is 5.31. The van der Waals surface area contributed by atoms with E-state index in [2.05, 4.69) is 0 Å². The van der Waals surface area contributed by atoms with Gasteiger partial charge in [-0.2, -0.15) is 0 Å². The van der Waals surface area contributed by atoms with Gasteiger partial charge in [0.15, 0.2) is 0 Å². The maximum absolute atomic E-state index is 12.8. The second-order valence-electron chi connectivity index (χ2n) is 6.85. The van der Waals surface area contributed by atoms with E-state index < -0.39 is 0 Å². The number of carbonyl (C=O) groups excluding carboxylic acids is 2. The van der Waals surface area contributed by atoms with Gasteiger partial charge < -0.3 is 4.74 Å². The number of thioether (sulfide) groups is 1. The Labute approximate surface area is 194 Å². The van der Waals surface area contributed by atoms with Crippen molar-refractivity contribution in [2.24, 2.45) is 0 Å². The molecule has 3 aromatic carbocycles. The minimum absolute atomic E-state index is 0.101. The summed E-state index contributed by atoms with van der Waals surface area (Å²) >= 11 is 13.0. The average molecular weight is 470 g/mol. The quantitative estimate of drug-likeness (QED) is 0.372. The van der Waals surface area contributed by atoms with Gasteiger partial charge in [-0.05, 0) is 58.8 Å². The van der Waals surface area contributed by atoms with Crippen molar-refractivity contribution in [3.8, 4) is 5.75 Å². The van der Waals surface area contributed by atoms with E-state index >= 15 is 0 Å². The first kappa shape index (κ1) is 21.5. The van der Waals surface area contributed by atoms with Crippen molar-refractivity contribution in [2.75, 3.05) is 0 Å². The molecular formula is C24H17Cl2NO3S. The van der Waals surface area contributed by atoms with Crippen LogP contribution in [0.1, 0.15) is 16.7 Å². The van der Waals surface area contributed by atoms with Gasteiger partial charge in [-0.1, -0.05) is 71.7 Å². The monoisotopic (exact) mass is 469 g/mol. The molecule has 0 N–H and O–H groups in total. The summed E-state index contributed by atoms with van der Waals surface area (Å²) in [6.07, 6.45) is 1.70. The molecule has 1 saturated heterocycles. The summed E-state index contributed by atoms with van der Waals surface area (Å²) < 4.78 is 5.78. The van der Waals surface area contributed by atoms with Gasteiger partial charge in [0.1, 0.15) is 12.4 Å². The van der Waals surface area contributed by atoms with Crippen LogP contribution in [-0.2, 0) is 17.9 Å². The molecule has 0 spiro atoms. The summed E-state index contributed by atoms with van der Waals surface area (Å²) in [7, 11) is 0. The summed E-state index contributed by atoms with van der Waals surface area (Å²) in [6.45, 7) is 0.580. The van der Waals surface area contributed by atoms with E-state index in [1.54, 1.807) is 24.3 Å². The molecule has 0 unspecified atom stereocenters. The highest BCUT2D eigenvalue weighted by atomic mass is 35.5. The van der Waals surface area contributed by atoms with Crippen molar-refractivity contribution in [3.05, 3.63) is 104 Å². The van der Waals surface area contributed by atoms with E-state index in [0.717, 1.165) is 28.6 Å². The molecule has 0 aromatic heterocycles. The molecule has 1 aliphatic rings. The van der Waals surface area contributed by atoms with Gasteiger partial charge in [0.05, 0.1) is 11.4 Å². The number of amides is 2. The van der Waals surface area contributed by atoms with Crippen LogP contribution in [0.2, 0.25) is 10.0 Å². The number of benzene rings is 3. The van der Waals surface area contributed by atoms with Crippen LogP contribution >= 0.6 is 35.0 Å².